The third-order valence-electron chi connectivity index (χ3n) is 3.01. The second-order valence-corrected chi connectivity index (χ2v) is 4.68. The van der Waals surface area contributed by atoms with Gasteiger partial charge in [-0.15, -0.1) is 0 Å². The first-order valence-electron chi connectivity index (χ1n) is 5.44. The Hall–Kier alpha value is -0.640. The lowest BCUT2D eigenvalue weighted by Crippen LogP contribution is -2.35. The third-order valence-corrected chi connectivity index (χ3v) is 3.24. The highest BCUT2D eigenvalue weighted by Crippen LogP contribution is 2.30. The molecule has 2 nitrogen and oxygen atoms in total. The van der Waals surface area contributed by atoms with Crippen molar-refractivity contribution in [1.29, 1.82) is 0 Å². The van der Waals surface area contributed by atoms with Crippen LogP contribution in [0.4, 0.5) is 4.39 Å². The zero-order valence-electron chi connectivity index (χ0n) is 8.96. The minimum Gasteiger partial charge on any atom is -0.373 e. The normalized spacial score (nSPS) is 24.2. The van der Waals surface area contributed by atoms with Crippen LogP contribution in [0.15, 0.2) is 18.2 Å². The maximum atomic E-state index is 13.3. The maximum Gasteiger partial charge on any atom is 0.128 e. The second-order valence-electron chi connectivity index (χ2n) is 4.24. The molecule has 2 N–H and O–H groups in total. The molecule has 1 aromatic rings. The van der Waals surface area contributed by atoms with Gasteiger partial charge in [0.2, 0.25) is 0 Å². The summed E-state index contributed by atoms with van der Waals surface area (Å²) in [4.78, 5) is 0. The Kier molecular flexibility index (Phi) is 3.79. The fraction of sp³-hybridized carbons (Fsp3) is 0.500. The van der Waals surface area contributed by atoms with Crippen LogP contribution in [0.25, 0.3) is 0 Å². The van der Waals surface area contributed by atoms with E-state index in [1.807, 2.05) is 0 Å². The predicted molar refractivity (Wildman–Crippen MR) is 61.8 cm³/mol. The van der Waals surface area contributed by atoms with Crippen LogP contribution in [0.1, 0.15) is 18.4 Å². The van der Waals surface area contributed by atoms with Gasteiger partial charge in [-0.2, -0.15) is 0 Å². The van der Waals surface area contributed by atoms with Crippen molar-refractivity contribution in [2.45, 2.75) is 25.6 Å². The van der Waals surface area contributed by atoms with Gasteiger partial charge in [-0.05, 0) is 43.5 Å². The Balaban J connectivity index is 1.83. The number of hydrogen-bond donors (Lipinski definition) is 1. The molecule has 0 heterocycles. The summed E-state index contributed by atoms with van der Waals surface area (Å²) in [6.07, 6.45) is 2.20. The van der Waals surface area contributed by atoms with Gasteiger partial charge in [0.15, 0.2) is 0 Å². The van der Waals surface area contributed by atoms with Crippen molar-refractivity contribution in [2.75, 3.05) is 6.54 Å². The van der Waals surface area contributed by atoms with Crippen molar-refractivity contribution < 1.29 is 9.13 Å². The highest BCUT2D eigenvalue weighted by atomic mass is 35.5. The molecule has 1 aromatic carbocycles. The minimum atomic E-state index is -0.265. The number of benzene rings is 1. The summed E-state index contributed by atoms with van der Waals surface area (Å²) < 4.78 is 18.9. The Morgan fingerprint density at radius 1 is 1.44 bits per heavy atom. The number of nitrogens with two attached hydrogens (primary N) is 1. The van der Waals surface area contributed by atoms with Crippen LogP contribution in [0.3, 0.4) is 0 Å². The van der Waals surface area contributed by atoms with E-state index in [4.69, 9.17) is 22.1 Å². The number of halogens is 2. The fourth-order valence-electron chi connectivity index (χ4n) is 1.86. The van der Waals surface area contributed by atoms with Gasteiger partial charge in [0.1, 0.15) is 5.82 Å². The van der Waals surface area contributed by atoms with Gasteiger partial charge in [-0.3, -0.25) is 0 Å². The fourth-order valence-corrected chi connectivity index (χ4v) is 2.06. The molecule has 16 heavy (non-hydrogen) atoms. The van der Waals surface area contributed by atoms with Crippen LogP contribution >= 0.6 is 11.6 Å². The second kappa shape index (κ2) is 5.13. The van der Waals surface area contributed by atoms with Crippen LogP contribution in [0.5, 0.6) is 0 Å². The zero-order chi connectivity index (χ0) is 11.5. The zero-order valence-corrected chi connectivity index (χ0v) is 9.71. The van der Waals surface area contributed by atoms with Gasteiger partial charge >= 0.3 is 0 Å². The molecule has 0 spiro atoms. The molecule has 1 aliphatic rings. The van der Waals surface area contributed by atoms with Crippen molar-refractivity contribution in [3.05, 3.63) is 34.6 Å². The van der Waals surface area contributed by atoms with Gasteiger partial charge in [-0.25, -0.2) is 4.39 Å². The summed E-state index contributed by atoms with van der Waals surface area (Å²) in [5, 5.41) is 0.536. The molecule has 0 atom stereocenters. The topological polar surface area (TPSA) is 35.2 Å². The lowest BCUT2D eigenvalue weighted by Gasteiger charge is -2.34. The van der Waals surface area contributed by atoms with E-state index in [1.54, 1.807) is 6.07 Å². The van der Waals surface area contributed by atoms with Crippen LogP contribution in [-0.2, 0) is 11.3 Å². The summed E-state index contributed by atoms with van der Waals surface area (Å²) in [7, 11) is 0. The van der Waals surface area contributed by atoms with Crippen molar-refractivity contribution in [3.63, 3.8) is 0 Å². The molecule has 0 bridgehead atoms. The summed E-state index contributed by atoms with van der Waals surface area (Å²) in [6.45, 7) is 1.000. The van der Waals surface area contributed by atoms with Crippen LogP contribution in [-0.4, -0.2) is 12.6 Å². The van der Waals surface area contributed by atoms with Crippen molar-refractivity contribution >= 4 is 11.6 Å². The van der Waals surface area contributed by atoms with E-state index in [0.29, 0.717) is 23.0 Å². The SMILES string of the molecule is NCC1CC(OCc2cc(Cl)ccc2F)C1. The quantitative estimate of drug-likeness (QED) is 0.883. The van der Waals surface area contributed by atoms with Crippen molar-refractivity contribution in [2.24, 2.45) is 11.7 Å². The van der Waals surface area contributed by atoms with Gasteiger partial charge in [0.05, 0.1) is 12.7 Å². The van der Waals surface area contributed by atoms with Crippen LogP contribution in [0.2, 0.25) is 5.02 Å². The van der Waals surface area contributed by atoms with E-state index >= 15 is 0 Å². The lowest BCUT2D eigenvalue weighted by atomic mass is 9.82. The molecule has 1 saturated carbocycles. The molecule has 0 saturated heterocycles. The first-order valence-corrected chi connectivity index (χ1v) is 5.82. The van der Waals surface area contributed by atoms with Gasteiger partial charge in [0, 0.05) is 10.6 Å². The van der Waals surface area contributed by atoms with Gasteiger partial charge in [-0.1, -0.05) is 11.6 Å². The van der Waals surface area contributed by atoms with Crippen molar-refractivity contribution in [1.82, 2.24) is 0 Å². The lowest BCUT2D eigenvalue weighted by molar-refractivity contribution is -0.0384. The molecule has 88 valence electrons. The monoisotopic (exact) mass is 243 g/mol. The molecule has 0 radical (unpaired) electrons. The minimum absolute atomic E-state index is 0.229. The molecule has 0 aromatic heterocycles. The molecular formula is C12H15ClFNO. The highest BCUT2D eigenvalue weighted by molar-refractivity contribution is 6.30. The predicted octanol–water partition coefficient (Wildman–Crippen LogP) is 2.73. The van der Waals surface area contributed by atoms with Gasteiger partial charge in [0.25, 0.3) is 0 Å². The highest BCUT2D eigenvalue weighted by Gasteiger charge is 2.28. The van der Waals surface area contributed by atoms with Crippen LogP contribution < -0.4 is 5.73 Å². The average Bonchev–Trinajstić information content (AvgIpc) is 2.21. The summed E-state index contributed by atoms with van der Waals surface area (Å²) in [5.74, 6) is 0.313. The number of ether oxygens (including phenoxy) is 1. The molecule has 0 unspecified atom stereocenters. The Morgan fingerprint density at radius 2 is 2.19 bits per heavy atom. The molecule has 1 fully saturated rings. The molecular weight excluding hydrogens is 229 g/mol. The Morgan fingerprint density at radius 3 is 2.88 bits per heavy atom. The first-order chi connectivity index (χ1) is 7.69. The summed E-state index contributed by atoms with van der Waals surface area (Å²) in [6, 6.07) is 4.51. The van der Waals surface area contributed by atoms with E-state index in [9.17, 15) is 4.39 Å². The molecule has 0 aliphatic heterocycles. The molecule has 4 heteroatoms. The number of hydrogen-bond acceptors (Lipinski definition) is 2. The molecule has 2 rings (SSSR count). The van der Waals surface area contributed by atoms with E-state index < -0.39 is 0 Å². The Labute approximate surface area is 99.5 Å². The van der Waals surface area contributed by atoms with E-state index in [2.05, 4.69) is 0 Å². The van der Waals surface area contributed by atoms with Gasteiger partial charge < -0.3 is 10.5 Å². The maximum absolute atomic E-state index is 13.3. The van der Waals surface area contributed by atoms with E-state index in [0.717, 1.165) is 12.8 Å². The third kappa shape index (κ3) is 2.73. The first kappa shape index (κ1) is 11.8. The average molecular weight is 244 g/mol. The molecule has 1 aliphatic carbocycles. The largest absolute Gasteiger partial charge is 0.373 e. The summed E-state index contributed by atoms with van der Waals surface area (Å²) >= 11 is 5.79. The van der Waals surface area contributed by atoms with Crippen LogP contribution in [0, 0.1) is 11.7 Å². The number of rotatable bonds is 4. The smallest absolute Gasteiger partial charge is 0.128 e. The van der Waals surface area contributed by atoms with E-state index in [1.165, 1.54) is 12.1 Å². The standard InChI is InChI=1S/C12H15ClFNO/c13-10-1-2-12(14)9(5-10)7-16-11-3-8(4-11)6-15/h1-2,5,8,11H,3-4,6-7,15H2. The van der Waals surface area contributed by atoms with E-state index in [-0.39, 0.29) is 18.5 Å². The Bertz CT molecular complexity index is 366. The summed E-state index contributed by atoms with van der Waals surface area (Å²) in [5.41, 5.74) is 6.03. The molecule has 0 amide bonds. The van der Waals surface area contributed by atoms with Crippen molar-refractivity contribution in [3.8, 4) is 0 Å².